The first-order chi connectivity index (χ1) is 9.02. The molecule has 1 aromatic carbocycles. The van der Waals surface area contributed by atoms with E-state index in [1.807, 2.05) is 6.07 Å². The van der Waals surface area contributed by atoms with Crippen molar-refractivity contribution in [2.45, 2.75) is 45.8 Å². The van der Waals surface area contributed by atoms with Crippen LogP contribution in [0.5, 0.6) is 5.75 Å². The Bertz CT molecular complexity index is 401. The molecule has 19 heavy (non-hydrogen) atoms. The van der Waals surface area contributed by atoms with Gasteiger partial charge in [0.2, 0.25) is 0 Å². The van der Waals surface area contributed by atoms with Crippen molar-refractivity contribution >= 4 is 5.69 Å². The summed E-state index contributed by atoms with van der Waals surface area (Å²) in [6, 6.07) is 7.22. The molecule has 2 nitrogen and oxygen atoms in total. The zero-order valence-electron chi connectivity index (χ0n) is 11.4. The number of anilines is 1. The number of rotatable bonds is 4. The molecule has 106 valence electrons. The number of halogens is 2. The van der Waals surface area contributed by atoms with Gasteiger partial charge in [-0.05, 0) is 43.2 Å². The van der Waals surface area contributed by atoms with Crippen molar-refractivity contribution in [1.82, 2.24) is 0 Å². The fourth-order valence-electron chi connectivity index (χ4n) is 3.06. The van der Waals surface area contributed by atoms with Gasteiger partial charge in [-0.25, -0.2) is 0 Å². The number of ether oxygens (including phenoxy) is 1. The molecule has 1 aromatic rings. The van der Waals surface area contributed by atoms with Gasteiger partial charge in [0.15, 0.2) is 0 Å². The molecule has 2 unspecified atom stereocenters. The van der Waals surface area contributed by atoms with E-state index in [4.69, 9.17) is 0 Å². The third-order valence-corrected chi connectivity index (χ3v) is 3.61. The summed E-state index contributed by atoms with van der Waals surface area (Å²) in [7, 11) is 0. The molecule has 0 aliphatic heterocycles. The summed E-state index contributed by atoms with van der Waals surface area (Å²) >= 11 is 0. The SMILES string of the molecule is CC1CC(C)CC(Nc2cccc(OC(F)F)c2)C1. The van der Waals surface area contributed by atoms with E-state index in [1.165, 1.54) is 6.42 Å². The Hall–Kier alpha value is -1.32. The van der Waals surface area contributed by atoms with Crippen LogP contribution in [0.2, 0.25) is 0 Å². The van der Waals surface area contributed by atoms with Crippen molar-refractivity contribution in [3.8, 4) is 5.75 Å². The van der Waals surface area contributed by atoms with Crippen LogP contribution in [-0.4, -0.2) is 12.7 Å². The van der Waals surface area contributed by atoms with Gasteiger partial charge in [-0.1, -0.05) is 19.9 Å². The number of nitrogens with one attached hydrogen (secondary N) is 1. The Morgan fingerprint density at radius 2 is 1.84 bits per heavy atom. The lowest BCUT2D eigenvalue weighted by molar-refractivity contribution is -0.0498. The van der Waals surface area contributed by atoms with Crippen LogP contribution in [0.3, 0.4) is 0 Å². The van der Waals surface area contributed by atoms with Crippen molar-refractivity contribution in [3.63, 3.8) is 0 Å². The van der Waals surface area contributed by atoms with E-state index in [0.717, 1.165) is 18.5 Å². The van der Waals surface area contributed by atoms with Crippen molar-refractivity contribution in [3.05, 3.63) is 24.3 Å². The summed E-state index contributed by atoms with van der Waals surface area (Å²) in [6.07, 6.45) is 3.53. The van der Waals surface area contributed by atoms with Crippen LogP contribution in [0.25, 0.3) is 0 Å². The average molecular weight is 269 g/mol. The number of hydrogen-bond acceptors (Lipinski definition) is 2. The van der Waals surface area contributed by atoms with Crippen molar-refractivity contribution in [1.29, 1.82) is 0 Å². The van der Waals surface area contributed by atoms with E-state index in [1.54, 1.807) is 18.2 Å². The minimum absolute atomic E-state index is 0.205. The van der Waals surface area contributed by atoms with E-state index < -0.39 is 6.61 Å². The van der Waals surface area contributed by atoms with Gasteiger partial charge in [0.1, 0.15) is 5.75 Å². The average Bonchev–Trinajstić information content (AvgIpc) is 2.26. The van der Waals surface area contributed by atoms with Crippen LogP contribution in [0.4, 0.5) is 14.5 Å². The summed E-state index contributed by atoms with van der Waals surface area (Å²) in [5.41, 5.74) is 0.851. The third kappa shape index (κ3) is 4.37. The summed E-state index contributed by atoms with van der Waals surface area (Å²) in [5.74, 6) is 1.63. The lowest BCUT2D eigenvalue weighted by Crippen LogP contribution is -2.30. The van der Waals surface area contributed by atoms with Gasteiger partial charge in [-0.2, -0.15) is 8.78 Å². The van der Waals surface area contributed by atoms with E-state index in [0.29, 0.717) is 17.9 Å². The first-order valence-corrected chi connectivity index (χ1v) is 6.84. The Kier molecular flexibility index (Phi) is 4.61. The van der Waals surface area contributed by atoms with Gasteiger partial charge >= 0.3 is 6.61 Å². The summed E-state index contributed by atoms with van der Waals surface area (Å²) in [4.78, 5) is 0. The third-order valence-electron chi connectivity index (χ3n) is 3.61. The number of alkyl halides is 2. The van der Waals surface area contributed by atoms with E-state index in [2.05, 4.69) is 23.9 Å². The largest absolute Gasteiger partial charge is 0.435 e. The molecule has 2 atom stereocenters. The predicted molar refractivity (Wildman–Crippen MR) is 72.7 cm³/mol. The van der Waals surface area contributed by atoms with Crippen LogP contribution in [0.1, 0.15) is 33.1 Å². The minimum atomic E-state index is -2.77. The van der Waals surface area contributed by atoms with Crippen molar-refractivity contribution in [2.24, 2.45) is 11.8 Å². The quantitative estimate of drug-likeness (QED) is 0.867. The van der Waals surface area contributed by atoms with Gasteiger partial charge in [0.05, 0.1) is 0 Å². The first kappa shape index (κ1) is 14.1. The highest BCUT2D eigenvalue weighted by molar-refractivity contribution is 5.48. The normalized spacial score (nSPS) is 27.3. The molecule has 1 N–H and O–H groups in total. The monoisotopic (exact) mass is 269 g/mol. The molecule has 0 bridgehead atoms. The molecular weight excluding hydrogens is 248 g/mol. The molecule has 0 radical (unpaired) electrons. The van der Waals surface area contributed by atoms with Gasteiger partial charge in [0.25, 0.3) is 0 Å². The summed E-state index contributed by atoms with van der Waals surface area (Å²) in [6.45, 7) is 1.76. The highest BCUT2D eigenvalue weighted by Gasteiger charge is 2.23. The molecule has 0 amide bonds. The predicted octanol–water partition coefficient (Wildman–Crippen LogP) is 4.52. The Morgan fingerprint density at radius 1 is 1.16 bits per heavy atom. The molecule has 0 spiro atoms. The molecule has 2 rings (SSSR count). The lowest BCUT2D eigenvalue weighted by Gasteiger charge is -2.32. The second-order valence-electron chi connectivity index (χ2n) is 5.67. The maximum atomic E-state index is 12.2. The van der Waals surface area contributed by atoms with Crippen LogP contribution >= 0.6 is 0 Å². The molecule has 1 aliphatic carbocycles. The van der Waals surface area contributed by atoms with Gasteiger partial charge in [0, 0.05) is 17.8 Å². The summed E-state index contributed by atoms with van der Waals surface area (Å²) in [5, 5.41) is 3.43. The lowest BCUT2D eigenvalue weighted by atomic mass is 9.80. The topological polar surface area (TPSA) is 21.3 Å². The molecule has 0 aromatic heterocycles. The van der Waals surface area contributed by atoms with E-state index in [9.17, 15) is 8.78 Å². The maximum Gasteiger partial charge on any atom is 0.387 e. The second kappa shape index (κ2) is 6.22. The van der Waals surface area contributed by atoms with Crippen LogP contribution in [-0.2, 0) is 0 Å². The molecule has 4 heteroatoms. The molecule has 0 saturated heterocycles. The smallest absolute Gasteiger partial charge is 0.387 e. The van der Waals surface area contributed by atoms with E-state index >= 15 is 0 Å². The van der Waals surface area contributed by atoms with E-state index in [-0.39, 0.29) is 5.75 Å². The Morgan fingerprint density at radius 3 is 2.47 bits per heavy atom. The van der Waals surface area contributed by atoms with Crippen molar-refractivity contribution < 1.29 is 13.5 Å². The summed E-state index contributed by atoms with van der Waals surface area (Å²) < 4.78 is 28.8. The zero-order chi connectivity index (χ0) is 13.8. The molecule has 1 fully saturated rings. The minimum Gasteiger partial charge on any atom is -0.435 e. The number of benzene rings is 1. The second-order valence-corrected chi connectivity index (χ2v) is 5.67. The van der Waals surface area contributed by atoms with Gasteiger partial charge < -0.3 is 10.1 Å². The maximum absolute atomic E-state index is 12.2. The van der Waals surface area contributed by atoms with Gasteiger partial charge in [-0.3, -0.25) is 0 Å². The Labute approximate surface area is 113 Å². The molecule has 0 heterocycles. The molecular formula is C15H21F2NO. The molecule has 1 saturated carbocycles. The van der Waals surface area contributed by atoms with Gasteiger partial charge in [-0.15, -0.1) is 0 Å². The first-order valence-electron chi connectivity index (χ1n) is 6.84. The zero-order valence-corrected chi connectivity index (χ0v) is 11.4. The standard InChI is InChI=1S/C15H21F2NO/c1-10-6-11(2)8-13(7-10)18-12-4-3-5-14(9-12)19-15(16)17/h3-5,9-11,13,15,18H,6-8H2,1-2H3. The van der Waals surface area contributed by atoms with Crippen LogP contribution < -0.4 is 10.1 Å². The Balaban J connectivity index is 1.98. The fourth-order valence-corrected chi connectivity index (χ4v) is 3.06. The number of hydrogen-bond donors (Lipinski definition) is 1. The molecule has 1 aliphatic rings. The highest BCUT2D eigenvalue weighted by atomic mass is 19.3. The fraction of sp³-hybridized carbons (Fsp3) is 0.600. The van der Waals surface area contributed by atoms with Crippen molar-refractivity contribution in [2.75, 3.05) is 5.32 Å². The van der Waals surface area contributed by atoms with Crippen LogP contribution in [0, 0.1) is 11.8 Å². The highest BCUT2D eigenvalue weighted by Crippen LogP contribution is 2.31. The van der Waals surface area contributed by atoms with Crippen LogP contribution in [0.15, 0.2) is 24.3 Å².